The molecule has 4 aromatic rings. The Kier molecular flexibility index (Phi) is 4.75. The molecule has 0 unspecified atom stereocenters. The number of nitrogens with zero attached hydrogens (tertiary/aromatic N) is 2. The molecule has 0 fully saturated rings. The molecule has 0 bridgehead atoms. The van der Waals surface area contributed by atoms with Gasteiger partial charge in [-0.3, -0.25) is 14.0 Å². The summed E-state index contributed by atoms with van der Waals surface area (Å²) in [5.74, 6) is -0.416. The molecule has 0 aliphatic carbocycles. The number of thiazole rings is 1. The molecule has 156 valence electrons. The zero-order chi connectivity index (χ0) is 21.4. The Morgan fingerprint density at radius 3 is 2.71 bits per heavy atom. The summed E-state index contributed by atoms with van der Waals surface area (Å²) >= 11 is 1.19. The van der Waals surface area contributed by atoms with E-state index in [-0.39, 0.29) is 5.69 Å². The van der Waals surface area contributed by atoms with E-state index >= 15 is 0 Å². The van der Waals surface area contributed by atoms with E-state index in [2.05, 4.69) is 15.6 Å². The molecule has 0 radical (unpaired) electrons. The first-order chi connectivity index (χ1) is 15.1. The minimum atomic E-state index is -0.619. The number of carbonyl (C=O) groups excluding carboxylic acids is 2. The van der Waals surface area contributed by atoms with Crippen molar-refractivity contribution >= 4 is 39.5 Å². The average Bonchev–Trinajstić information content (AvgIpc) is 3.38. The molecule has 5 rings (SSSR count). The maximum atomic E-state index is 14.3. The molecule has 0 spiro atoms. The first-order valence-corrected chi connectivity index (χ1v) is 10.1. The van der Waals surface area contributed by atoms with Crippen molar-refractivity contribution < 1.29 is 23.5 Å². The molecule has 1 aliphatic heterocycles. The van der Waals surface area contributed by atoms with Gasteiger partial charge in [0.1, 0.15) is 23.9 Å². The van der Waals surface area contributed by atoms with Gasteiger partial charge in [0.05, 0.1) is 5.69 Å². The summed E-state index contributed by atoms with van der Waals surface area (Å²) in [6, 6.07) is 8.82. The maximum Gasteiger partial charge on any atom is 0.267 e. The Morgan fingerprint density at radius 2 is 1.87 bits per heavy atom. The molecular weight excluding hydrogens is 423 g/mol. The SMILES string of the molecule is O=C(Nc1ccc(F)c(NC(=O)c2cn3ccnc3s2)c1)c1ccc2c(c1)OCCO2. The van der Waals surface area contributed by atoms with Crippen LogP contribution in [0.5, 0.6) is 11.5 Å². The average molecular weight is 438 g/mol. The molecule has 10 heteroatoms. The number of ether oxygens (including phenoxy) is 2. The summed E-state index contributed by atoms with van der Waals surface area (Å²) in [6.45, 7) is 0.871. The monoisotopic (exact) mass is 438 g/mol. The largest absolute Gasteiger partial charge is 0.486 e. The van der Waals surface area contributed by atoms with Crippen LogP contribution >= 0.6 is 11.3 Å². The number of carbonyl (C=O) groups is 2. The molecular formula is C21H15FN4O4S. The van der Waals surface area contributed by atoms with Crippen LogP contribution in [0.1, 0.15) is 20.0 Å². The number of amides is 2. The summed E-state index contributed by atoms with van der Waals surface area (Å²) < 4.78 is 26.9. The van der Waals surface area contributed by atoms with Crippen molar-refractivity contribution in [3.63, 3.8) is 0 Å². The van der Waals surface area contributed by atoms with Gasteiger partial charge in [0, 0.05) is 29.8 Å². The second-order valence-electron chi connectivity index (χ2n) is 6.67. The second-order valence-corrected chi connectivity index (χ2v) is 7.68. The Hall–Kier alpha value is -3.92. The highest BCUT2D eigenvalue weighted by Crippen LogP contribution is 2.31. The van der Waals surface area contributed by atoms with Gasteiger partial charge in [-0.2, -0.15) is 0 Å². The van der Waals surface area contributed by atoms with Crippen molar-refractivity contribution in [1.29, 1.82) is 0 Å². The predicted molar refractivity (Wildman–Crippen MR) is 113 cm³/mol. The van der Waals surface area contributed by atoms with Crippen LogP contribution in [0.4, 0.5) is 15.8 Å². The third-order valence-electron chi connectivity index (χ3n) is 4.59. The van der Waals surface area contributed by atoms with Crippen LogP contribution in [0.2, 0.25) is 0 Å². The molecule has 3 heterocycles. The number of rotatable bonds is 4. The Morgan fingerprint density at radius 1 is 1.03 bits per heavy atom. The lowest BCUT2D eigenvalue weighted by atomic mass is 10.1. The third kappa shape index (κ3) is 3.80. The third-order valence-corrected chi connectivity index (χ3v) is 5.60. The van der Waals surface area contributed by atoms with Crippen LogP contribution < -0.4 is 20.1 Å². The summed E-state index contributed by atoms with van der Waals surface area (Å²) in [6.07, 6.45) is 4.96. The van der Waals surface area contributed by atoms with Crippen LogP contribution in [-0.2, 0) is 0 Å². The molecule has 0 saturated heterocycles. The number of anilines is 2. The van der Waals surface area contributed by atoms with E-state index in [1.54, 1.807) is 41.2 Å². The molecule has 0 atom stereocenters. The van der Waals surface area contributed by atoms with Crippen molar-refractivity contribution in [2.75, 3.05) is 23.8 Å². The molecule has 2 aromatic carbocycles. The number of aromatic nitrogens is 2. The topological polar surface area (TPSA) is 94.0 Å². The van der Waals surface area contributed by atoms with Crippen molar-refractivity contribution in [2.45, 2.75) is 0 Å². The smallest absolute Gasteiger partial charge is 0.267 e. The number of fused-ring (bicyclic) bond motifs is 2. The van der Waals surface area contributed by atoms with Gasteiger partial charge in [0.25, 0.3) is 11.8 Å². The van der Waals surface area contributed by atoms with E-state index in [0.717, 1.165) is 0 Å². The van der Waals surface area contributed by atoms with E-state index in [1.165, 1.54) is 29.5 Å². The summed E-state index contributed by atoms with van der Waals surface area (Å²) in [5.41, 5.74) is 0.648. The molecule has 2 N–H and O–H groups in total. The molecule has 2 aromatic heterocycles. The van der Waals surface area contributed by atoms with Gasteiger partial charge in [0.15, 0.2) is 16.5 Å². The van der Waals surface area contributed by atoms with E-state index in [0.29, 0.717) is 45.8 Å². The highest BCUT2D eigenvalue weighted by molar-refractivity contribution is 7.18. The predicted octanol–water partition coefficient (Wildman–Crippen LogP) is 3.81. The number of nitrogens with one attached hydrogen (secondary N) is 2. The number of halogens is 1. The van der Waals surface area contributed by atoms with Gasteiger partial charge < -0.3 is 20.1 Å². The lowest BCUT2D eigenvalue weighted by Gasteiger charge is -2.18. The Bertz CT molecular complexity index is 1290. The fourth-order valence-corrected chi connectivity index (χ4v) is 3.94. The van der Waals surface area contributed by atoms with Gasteiger partial charge >= 0.3 is 0 Å². The first-order valence-electron chi connectivity index (χ1n) is 9.31. The van der Waals surface area contributed by atoms with Crippen LogP contribution in [0, 0.1) is 5.82 Å². The van der Waals surface area contributed by atoms with Gasteiger partial charge in [-0.1, -0.05) is 11.3 Å². The fourth-order valence-electron chi connectivity index (χ4n) is 3.10. The fraction of sp³-hybridized carbons (Fsp3) is 0.0952. The van der Waals surface area contributed by atoms with E-state index < -0.39 is 17.6 Å². The normalized spacial score (nSPS) is 12.5. The van der Waals surface area contributed by atoms with Crippen LogP contribution in [0.25, 0.3) is 4.96 Å². The van der Waals surface area contributed by atoms with Crippen molar-refractivity contribution in [3.8, 4) is 11.5 Å². The number of imidazole rings is 1. The van der Waals surface area contributed by atoms with E-state index in [4.69, 9.17) is 9.47 Å². The van der Waals surface area contributed by atoms with Crippen molar-refractivity contribution in [3.05, 3.63) is 71.2 Å². The molecule has 1 aliphatic rings. The highest BCUT2D eigenvalue weighted by atomic mass is 32.1. The summed E-state index contributed by atoms with van der Waals surface area (Å²) in [5, 5.41) is 5.24. The van der Waals surface area contributed by atoms with Crippen LogP contribution in [0.3, 0.4) is 0 Å². The Balaban J connectivity index is 1.32. The van der Waals surface area contributed by atoms with Gasteiger partial charge in [-0.15, -0.1) is 0 Å². The standard InChI is InChI=1S/C21H15FN4O4S/c22-14-3-2-13(24-19(27)12-1-4-16-17(9-12)30-8-7-29-16)10-15(14)25-20(28)18-11-26-6-5-23-21(26)31-18/h1-6,9-11H,7-8H2,(H,24,27)(H,25,28). The molecule has 0 saturated carbocycles. The Labute approximate surface area is 179 Å². The zero-order valence-electron chi connectivity index (χ0n) is 15.9. The van der Waals surface area contributed by atoms with Crippen LogP contribution in [-0.4, -0.2) is 34.4 Å². The lowest BCUT2D eigenvalue weighted by Crippen LogP contribution is -2.17. The van der Waals surface area contributed by atoms with Crippen LogP contribution in [0.15, 0.2) is 55.0 Å². The lowest BCUT2D eigenvalue weighted by molar-refractivity contribution is 0.102. The van der Waals surface area contributed by atoms with Crippen molar-refractivity contribution in [1.82, 2.24) is 9.38 Å². The quantitative estimate of drug-likeness (QED) is 0.505. The second kappa shape index (κ2) is 7.73. The van der Waals surface area contributed by atoms with Gasteiger partial charge in [-0.05, 0) is 36.4 Å². The van der Waals surface area contributed by atoms with Crippen molar-refractivity contribution in [2.24, 2.45) is 0 Å². The molecule has 31 heavy (non-hydrogen) atoms. The van der Waals surface area contributed by atoms with Gasteiger partial charge in [-0.25, -0.2) is 9.37 Å². The zero-order valence-corrected chi connectivity index (χ0v) is 16.7. The number of hydrogen-bond donors (Lipinski definition) is 2. The molecule has 2 amide bonds. The summed E-state index contributed by atoms with van der Waals surface area (Å²) in [4.78, 5) is 30.3. The number of hydrogen-bond acceptors (Lipinski definition) is 6. The number of benzene rings is 2. The maximum absolute atomic E-state index is 14.3. The van der Waals surface area contributed by atoms with E-state index in [9.17, 15) is 14.0 Å². The summed E-state index contributed by atoms with van der Waals surface area (Å²) in [7, 11) is 0. The minimum Gasteiger partial charge on any atom is -0.486 e. The highest BCUT2D eigenvalue weighted by Gasteiger charge is 2.17. The van der Waals surface area contributed by atoms with E-state index in [1.807, 2.05) is 0 Å². The molecule has 8 nitrogen and oxygen atoms in total. The van der Waals surface area contributed by atoms with Gasteiger partial charge in [0.2, 0.25) is 0 Å². The first kappa shape index (κ1) is 19.1. The minimum absolute atomic E-state index is 0.0454.